The van der Waals surface area contributed by atoms with Crippen LogP contribution in [0.15, 0.2) is 48.7 Å². The molecule has 1 heterocycles. The van der Waals surface area contributed by atoms with E-state index in [4.69, 9.17) is 0 Å². The van der Waals surface area contributed by atoms with Crippen LogP contribution in [0.3, 0.4) is 0 Å². The fourth-order valence-electron chi connectivity index (χ4n) is 1.73. The van der Waals surface area contributed by atoms with Gasteiger partial charge in [0.2, 0.25) is 0 Å². The van der Waals surface area contributed by atoms with Gasteiger partial charge in [0.25, 0.3) is 0 Å². The molecule has 0 bridgehead atoms. The lowest BCUT2D eigenvalue weighted by Crippen LogP contribution is -1.80. The number of nitrogens with zero attached hydrogens (tertiary/aromatic N) is 1. The van der Waals surface area contributed by atoms with Crippen LogP contribution >= 0.6 is 0 Å². The zero-order valence-corrected chi connectivity index (χ0v) is 7.57. The van der Waals surface area contributed by atoms with Crippen LogP contribution in [-0.4, -0.2) is 4.98 Å². The molecule has 2 aromatic carbocycles. The number of pyridine rings is 1. The molecule has 0 aliphatic carbocycles. The molecule has 3 rings (SSSR count). The molecule has 0 N–H and O–H groups in total. The number of fused-ring (bicyclic) bond motifs is 3. The summed E-state index contributed by atoms with van der Waals surface area (Å²) in [5.41, 5.74) is 1.06. The average Bonchev–Trinajstić information content (AvgIpc) is 2.29. The van der Waals surface area contributed by atoms with Gasteiger partial charge in [-0.05, 0) is 23.6 Å². The van der Waals surface area contributed by atoms with Crippen molar-refractivity contribution in [1.82, 2.24) is 4.98 Å². The smallest absolute Gasteiger partial charge is 0.0780 e. The van der Waals surface area contributed by atoms with E-state index in [2.05, 4.69) is 29.2 Å². The maximum atomic E-state index is 4.39. The minimum Gasteiger partial charge on any atom is -0.256 e. The predicted octanol–water partition coefficient (Wildman–Crippen LogP) is 3.19. The number of hydrogen-bond donors (Lipinski definition) is 0. The largest absolute Gasteiger partial charge is 0.256 e. The maximum Gasteiger partial charge on any atom is 0.0780 e. The van der Waals surface area contributed by atoms with Gasteiger partial charge >= 0.3 is 0 Å². The van der Waals surface area contributed by atoms with E-state index < -0.39 is 0 Å². The molecule has 1 aromatic heterocycles. The standard InChI is InChI=1S/C13H8N/c1-2-6-12-10(4-1)7-8-11-5-3-9-14-13(11)12/h1-6,8-9H. The molecule has 1 nitrogen and oxygen atoms in total. The second-order valence-electron chi connectivity index (χ2n) is 3.28. The fraction of sp³-hybridized carbons (Fsp3) is 0. The molecule has 0 saturated heterocycles. The van der Waals surface area contributed by atoms with Crippen molar-refractivity contribution in [3.05, 3.63) is 54.7 Å². The van der Waals surface area contributed by atoms with Crippen LogP contribution in [0.2, 0.25) is 0 Å². The molecule has 0 amide bonds. The molecule has 65 valence electrons. The second-order valence-corrected chi connectivity index (χ2v) is 3.28. The molecular weight excluding hydrogens is 170 g/mol. The third-order valence-corrected chi connectivity index (χ3v) is 2.40. The van der Waals surface area contributed by atoms with E-state index >= 15 is 0 Å². The van der Waals surface area contributed by atoms with Crippen LogP contribution < -0.4 is 0 Å². The van der Waals surface area contributed by atoms with Crippen molar-refractivity contribution in [1.29, 1.82) is 0 Å². The van der Waals surface area contributed by atoms with Crippen molar-refractivity contribution in [2.75, 3.05) is 0 Å². The zero-order valence-electron chi connectivity index (χ0n) is 7.57. The lowest BCUT2D eigenvalue weighted by Gasteiger charge is -2.00. The van der Waals surface area contributed by atoms with E-state index in [1.807, 2.05) is 30.5 Å². The molecule has 0 spiro atoms. The molecule has 0 aliphatic heterocycles. The minimum atomic E-state index is 1.06. The van der Waals surface area contributed by atoms with Crippen LogP contribution in [0.1, 0.15) is 0 Å². The molecule has 3 aromatic rings. The summed E-state index contributed by atoms with van der Waals surface area (Å²) in [7, 11) is 0. The third-order valence-electron chi connectivity index (χ3n) is 2.40. The van der Waals surface area contributed by atoms with E-state index in [1.54, 1.807) is 0 Å². The Balaban J connectivity index is 2.61. The van der Waals surface area contributed by atoms with Crippen LogP contribution in [0.25, 0.3) is 21.7 Å². The van der Waals surface area contributed by atoms with Gasteiger partial charge in [-0.3, -0.25) is 4.98 Å². The molecule has 14 heavy (non-hydrogen) atoms. The first-order chi connectivity index (χ1) is 6.95. The van der Waals surface area contributed by atoms with E-state index in [-0.39, 0.29) is 0 Å². The van der Waals surface area contributed by atoms with Crippen LogP contribution in [-0.2, 0) is 0 Å². The molecule has 0 saturated carbocycles. The number of hydrogen-bond acceptors (Lipinski definition) is 1. The van der Waals surface area contributed by atoms with Gasteiger partial charge < -0.3 is 0 Å². The number of benzene rings is 2. The van der Waals surface area contributed by atoms with Crippen molar-refractivity contribution in [2.45, 2.75) is 0 Å². The van der Waals surface area contributed by atoms with Gasteiger partial charge in [0.15, 0.2) is 0 Å². The number of rotatable bonds is 0. The van der Waals surface area contributed by atoms with Gasteiger partial charge in [0.1, 0.15) is 0 Å². The summed E-state index contributed by atoms with van der Waals surface area (Å²) < 4.78 is 0. The Morgan fingerprint density at radius 2 is 1.93 bits per heavy atom. The Labute approximate surface area is 82.0 Å². The molecule has 0 aliphatic rings. The topological polar surface area (TPSA) is 12.9 Å². The summed E-state index contributed by atoms with van der Waals surface area (Å²) in [6, 6.07) is 17.5. The minimum absolute atomic E-state index is 1.06. The van der Waals surface area contributed by atoms with Crippen molar-refractivity contribution >= 4 is 21.7 Å². The van der Waals surface area contributed by atoms with Crippen molar-refractivity contribution in [2.24, 2.45) is 0 Å². The first-order valence-corrected chi connectivity index (χ1v) is 4.59. The highest BCUT2D eigenvalue weighted by molar-refractivity contribution is 6.04. The first kappa shape index (κ1) is 7.51. The lowest BCUT2D eigenvalue weighted by molar-refractivity contribution is 1.43. The molecule has 1 heteroatoms. The molecule has 1 radical (unpaired) electrons. The third kappa shape index (κ3) is 0.990. The van der Waals surface area contributed by atoms with E-state index in [0.29, 0.717) is 0 Å². The van der Waals surface area contributed by atoms with E-state index in [0.717, 1.165) is 16.3 Å². The number of aromatic nitrogens is 1. The Morgan fingerprint density at radius 1 is 1.00 bits per heavy atom. The van der Waals surface area contributed by atoms with Gasteiger partial charge in [0, 0.05) is 17.0 Å². The van der Waals surface area contributed by atoms with Crippen LogP contribution in [0.5, 0.6) is 0 Å². The molecular formula is C13H8N. The van der Waals surface area contributed by atoms with Crippen molar-refractivity contribution in [3.63, 3.8) is 0 Å². The average molecular weight is 178 g/mol. The Morgan fingerprint density at radius 3 is 2.93 bits per heavy atom. The summed E-state index contributed by atoms with van der Waals surface area (Å²) in [6.07, 6.45) is 1.83. The molecule has 0 fully saturated rings. The molecule has 0 atom stereocenters. The van der Waals surface area contributed by atoms with Gasteiger partial charge in [-0.1, -0.05) is 30.3 Å². The monoisotopic (exact) mass is 178 g/mol. The summed E-state index contributed by atoms with van der Waals surface area (Å²) in [5, 5.41) is 3.44. The van der Waals surface area contributed by atoms with Gasteiger partial charge in [0.05, 0.1) is 5.52 Å². The normalized spacial score (nSPS) is 10.9. The van der Waals surface area contributed by atoms with Crippen molar-refractivity contribution in [3.8, 4) is 0 Å². The van der Waals surface area contributed by atoms with Gasteiger partial charge in [-0.15, -0.1) is 0 Å². The second kappa shape index (κ2) is 2.81. The summed E-state index contributed by atoms with van der Waals surface area (Å²) in [6.45, 7) is 0. The lowest BCUT2D eigenvalue weighted by atomic mass is 10.1. The quantitative estimate of drug-likeness (QED) is 0.482. The van der Waals surface area contributed by atoms with Crippen LogP contribution in [0.4, 0.5) is 0 Å². The molecule has 0 unspecified atom stereocenters. The Hall–Kier alpha value is -1.89. The van der Waals surface area contributed by atoms with Crippen LogP contribution in [0, 0.1) is 6.07 Å². The summed E-state index contributed by atoms with van der Waals surface area (Å²) in [5.74, 6) is 0. The zero-order chi connectivity index (χ0) is 9.38. The van der Waals surface area contributed by atoms with Crippen molar-refractivity contribution < 1.29 is 0 Å². The van der Waals surface area contributed by atoms with E-state index in [1.165, 1.54) is 5.39 Å². The highest BCUT2D eigenvalue weighted by atomic mass is 14.6. The first-order valence-electron chi connectivity index (χ1n) is 4.59. The van der Waals surface area contributed by atoms with Gasteiger partial charge in [-0.2, -0.15) is 0 Å². The summed E-state index contributed by atoms with van der Waals surface area (Å²) >= 11 is 0. The fourth-order valence-corrected chi connectivity index (χ4v) is 1.73. The Bertz CT molecular complexity index is 544. The summed E-state index contributed by atoms with van der Waals surface area (Å²) in [4.78, 5) is 4.39. The van der Waals surface area contributed by atoms with Gasteiger partial charge in [-0.25, -0.2) is 0 Å². The Kier molecular flexibility index (Phi) is 1.51. The van der Waals surface area contributed by atoms with E-state index in [9.17, 15) is 0 Å². The SMILES string of the molecule is [c]1cc2cccnc2c2ccccc12. The highest BCUT2D eigenvalue weighted by Gasteiger charge is 1.99. The predicted molar refractivity (Wildman–Crippen MR) is 58.1 cm³/mol. The maximum absolute atomic E-state index is 4.39. The highest BCUT2D eigenvalue weighted by Crippen LogP contribution is 2.22.